The minimum Gasteiger partial charge on any atom is -0.388 e. The van der Waals surface area contributed by atoms with E-state index in [1.807, 2.05) is 46.3 Å². The Morgan fingerprint density at radius 3 is 1.69 bits per heavy atom. The largest absolute Gasteiger partial charge is 0.388 e. The van der Waals surface area contributed by atoms with E-state index in [9.17, 15) is 0 Å². The summed E-state index contributed by atoms with van der Waals surface area (Å²) in [6.45, 7) is 11.8. The van der Waals surface area contributed by atoms with E-state index < -0.39 is 0 Å². The molecular formula is C22H49N3O4. The highest BCUT2D eigenvalue weighted by atomic mass is 16.5. The molecule has 1 N–H and O–H groups in total. The molecule has 0 amide bonds. The van der Waals surface area contributed by atoms with Crippen molar-refractivity contribution in [3.8, 4) is 0 Å². The number of aromatic nitrogens is 1. The molecule has 7 nitrogen and oxygen atoms in total. The number of aryl methyl sites for hydroxylation is 1. The number of nitrogens with zero attached hydrogens (tertiary/aromatic N) is 2. The van der Waals surface area contributed by atoms with Gasteiger partial charge in [-0.1, -0.05) is 13.0 Å². The van der Waals surface area contributed by atoms with E-state index in [0.717, 1.165) is 45.9 Å². The fourth-order valence-corrected chi connectivity index (χ4v) is 1.31. The Bertz CT molecular complexity index is 332. The molecule has 1 saturated heterocycles. The molecule has 7 heteroatoms. The van der Waals surface area contributed by atoms with E-state index in [1.165, 1.54) is 5.56 Å². The predicted octanol–water partition coefficient (Wildman–Crippen LogP) is 3.13. The van der Waals surface area contributed by atoms with Crippen LogP contribution in [0.25, 0.3) is 0 Å². The number of hydrogen-bond acceptors (Lipinski definition) is 7. The van der Waals surface area contributed by atoms with Gasteiger partial charge in [-0.3, -0.25) is 4.98 Å². The maximum absolute atomic E-state index is 5.10. The molecule has 0 spiro atoms. The van der Waals surface area contributed by atoms with Crippen molar-refractivity contribution in [2.24, 2.45) is 0 Å². The molecule has 0 unspecified atom stereocenters. The van der Waals surface area contributed by atoms with Crippen molar-refractivity contribution in [3.05, 3.63) is 30.1 Å². The zero-order chi connectivity index (χ0) is 23.2. The van der Waals surface area contributed by atoms with Gasteiger partial charge in [0, 0.05) is 67.1 Å². The van der Waals surface area contributed by atoms with Gasteiger partial charge in [0.05, 0.1) is 13.2 Å². The summed E-state index contributed by atoms with van der Waals surface area (Å²) in [6, 6.07) is 3.95. The fourth-order valence-electron chi connectivity index (χ4n) is 1.31. The summed E-state index contributed by atoms with van der Waals surface area (Å²) in [5.74, 6) is 0. The number of likely N-dealkylation sites (N-methyl/N-ethyl adjacent to an activating group) is 1. The van der Waals surface area contributed by atoms with E-state index in [4.69, 9.17) is 9.47 Å². The maximum atomic E-state index is 5.10. The van der Waals surface area contributed by atoms with Crippen LogP contribution in [0.4, 0.5) is 0 Å². The smallest absolute Gasteiger partial charge is 0.0594 e. The Kier molecular flexibility index (Phi) is 45.9. The molecule has 0 saturated carbocycles. The summed E-state index contributed by atoms with van der Waals surface area (Å²) in [5.41, 5.74) is 1.21. The Labute approximate surface area is 181 Å². The van der Waals surface area contributed by atoms with Crippen molar-refractivity contribution in [2.45, 2.75) is 27.2 Å². The first kappa shape index (κ1) is 35.4. The molecule has 1 aromatic rings. The van der Waals surface area contributed by atoms with Crippen LogP contribution in [0.3, 0.4) is 0 Å². The summed E-state index contributed by atoms with van der Waals surface area (Å²) < 4.78 is 18.6. The molecule has 1 aliphatic rings. The third-order valence-corrected chi connectivity index (χ3v) is 2.74. The Hall–Kier alpha value is -1.09. The van der Waals surface area contributed by atoms with Gasteiger partial charge in [-0.2, -0.15) is 0 Å². The highest BCUT2D eigenvalue weighted by Gasteiger charge is 2.02. The lowest BCUT2D eigenvalue weighted by atomic mass is 10.3. The molecule has 1 aliphatic heterocycles. The summed E-state index contributed by atoms with van der Waals surface area (Å²) >= 11 is 0. The topological polar surface area (TPSA) is 65.1 Å². The van der Waals surface area contributed by atoms with Crippen LogP contribution >= 0.6 is 0 Å². The van der Waals surface area contributed by atoms with Gasteiger partial charge in [0.15, 0.2) is 0 Å². The van der Waals surface area contributed by atoms with E-state index in [2.05, 4.69) is 38.6 Å². The predicted molar refractivity (Wildman–Crippen MR) is 125 cm³/mol. The van der Waals surface area contributed by atoms with Crippen LogP contribution in [0, 0.1) is 6.92 Å². The lowest BCUT2D eigenvalue weighted by molar-refractivity contribution is 0.0503. The minimum absolute atomic E-state index is 0.819. The lowest BCUT2D eigenvalue weighted by Gasteiger charge is -2.21. The molecule has 2 heterocycles. The first-order chi connectivity index (χ1) is 13.9. The molecule has 0 atom stereocenters. The molecule has 0 bridgehead atoms. The van der Waals surface area contributed by atoms with E-state index in [-0.39, 0.29) is 0 Å². The Morgan fingerprint density at radius 1 is 1.07 bits per heavy atom. The zero-order valence-corrected chi connectivity index (χ0v) is 20.8. The standard InChI is InChI=1S/C6H7N.C5H11NO.C4H10O.C3H8O.C2H7N.C2H6O/c1-6-3-2-4-7-5-6;1-6-2-4-7-5-3-6;1-3-4-5-2;1-3-4-2;2*1-3-2/h2-5H,1H3;2-5H2,1H3;3-4H2,1-2H3;3H2,1-2H3;3H,1-2H3;1-2H3. The Morgan fingerprint density at radius 2 is 1.55 bits per heavy atom. The van der Waals surface area contributed by atoms with E-state index >= 15 is 0 Å². The second-order valence-electron chi connectivity index (χ2n) is 5.92. The number of methoxy groups -OCH3 is 3. The van der Waals surface area contributed by atoms with Crippen LogP contribution in [0.2, 0.25) is 0 Å². The number of nitrogens with one attached hydrogen (secondary N) is 1. The highest BCUT2D eigenvalue weighted by molar-refractivity contribution is 5.04. The van der Waals surface area contributed by atoms with Gasteiger partial charge < -0.3 is 29.2 Å². The third kappa shape index (κ3) is 52.1. The van der Waals surface area contributed by atoms with Gasteiger partial charge in [-0.25, -0.2) is 0 Å². The zero-order valence-electron chi connectivity index (χ0n) is 20.8. The summed E-state index contributed by atoms with van der Waals surface area (Å²) in [6.07, 6.45) is 4.73. The summed E-state index contributed by atoms with van der Waals surface area (Å²) in [7, 11) is 12.5. The molecule has 0 aliphatic carbocycles. The van der Waals surface area contributed by atoms with Gasteiger partial charge >= 0.3 is 0 Å². The van der Waals surface area contributed by atoms with Crippen LogP contribution < -0.4 is 5.32 Å². The SMILES string of the molecule is CCCOC.CCOC.CN1CCOCC1.CNC.COC.Cc1cccnc1. The molecule has 176 valence electrons. The van der Waals surface area contributed by atoms with E-state index in [0.29, 0.717) is 0 Å². The van der Waals surface area contributed by atoms with Crippen molar-refractivity contribution in [1.29, 1.82) is 0 Å². The summed E-state index contributed by atoms with van der Waals surface area (Å²) in [5, 5.41) is 2.75. The molecule has 29 heavy (non-hydrogen) atoms. The molecule has 2 rings (SSSR count). The average Bonchev–Trinajstić information content (AvgIpc) is 2.72. The highest BCUT2D eigenvalue weighted by Crippen LogP contribution is 1.89. The number of rotatable bonds is 3. The average molecular weight is 420 g/mol. The lowest BCUT2D eigenvalue weighted by Crippen LogP contribution is -2.32. The van der Waals surface area contributed by atoms with Gasteiger partial charge in [0.2, 0.25) is 0 Å². The number of pyridine rings is 1. The number of ether oxygens (including phenoxy) is 4. The van der Waals surface area contributed by atoms with Crippen LogP contribution in [-0.4, -0.2) is 99.0 Å². The quantitative estimate of drug-likeness (QED) is 0.807. The summed E-state index contributed by atoms with van der Waals surface area (Å²) in [4.78, 5) is 6.15. The Balaban J connectivity index is -0.000000135. The second-order valence-corrected chi connectivity index (χ2v) is 5.92. The van der Waals surface area contributed by atoms with Crippen molar-refractivity contribution < 1.29 is 18.9 Å². The van der Waals surface area contributed by atoms with Crippen LogP contribution in [0.5, 0.6) is 0 Å². The van der Waals surface area contributed by atoms with Gasteiger partial charge in [-0.15, -0.1) is 0 Å². The van der Waals surface area contributed by atoms with Gasteiger partial charge in [-0.05, 0) is 53.0 Å². The monoisotopic (exact) mass is 419 g/mol. The van der Waals surface area contributed by atoms with Crippen molar-refractivity contribution in [2.75, 3.05) is 89.1 Å². The maximum Gasteiger partial charge on any atom is 0.0594 e. The third-order valence-electron chi connectivity index (χ3n) is 2.74. The van der Waals surface area contributed by atoms with Crippen molar-refractivity contribution in [3.63, 3.8) is 0 Å². The molecule has 0 aromatic carbocycles. The van der Waals surface area contributed by atoms with Crippen LogP contribution in [0.15, 0.2) is 24.5 Å². The first-order valence-electron chi connectivity index (χ1n) is 10.0. The number of morpholine rings is 1. The fraction of sp³-hybridized carbons (Fsp3) is 0.773. The van der Waals surface area contributed by atoms with Crippen LogP contribution in [0.1, 0.15) is 25.8 Å². The minimum atomic E-state index is 0.819. The number of hydrogen-bond donors (Lipinski definition) is 1. The molecule has 0 radical (unpaired) electrons. The molecule has 1 fully saturated rings. The molecular weight excluding hydrogens is 370 g/mol. The van der Waals surface area contributed by atoms with Gasteiger partial charge in [0.25, 0.3) is 0 Å². The first-order valence-corrected chi connectivity index (χ1v) is 10.0. The normalized spacial score (nSPS) is 11.9. The van der Waals surface area contributed by atoms with Crippen molar-refractivity contribution in [1.82, 2.24) is 15.2 Å². The van der Waals surface area contributed by atoms with Crippen molar-refractivity contribution >= 4 is 0 Å². The van der Waals surface area contributed by atoms with E-state index in [1.54, 1.807) is 34.6 Å². The molecule has 1 aromatic heterocycles. The van der Waals surface area contributed by atoms with Crippen LogP contribution in [-0.2, 0) is 18.9 Å². The van der Waals surface area contributed by atoms with Gasteiger partial charge in [0.1, 0.15) is 0 Å². The second kappa shape index (κ2) is 37.6.